The number of ether oxygens (including phenoxy) is 2. The summed E-state index contributed by atoms with van der Waals surface area (Å²) >= 11 is 0. The van der Waals surface area contributed by atoms with Crippen molar-refractivity contribution in [1.82, 2.24) is 0 Å². The Labute approximate surface area is 98.5 Å². The van der Waals surface area contributed by atoms with E-state index < -0.39 is 30.4 Å². The molecule has 0 aromatic rings. The Morgan fingerprint density at radius 3 is 1.94 bits per heavy atom. The standard InChI is InChI=1S/C11H14O6/c1-4-7(10(13)14)16-8(5-2)11(15)17-9(12)6-3/h4-9,12H,1-3H2,(H,13,14). The van der Waals surface area contributed by atoms with E-state index >= 15 is 0 Å². The van der Waals surface area contributed by atoms with E-state index in [2.05, 4.69) is 24.5 Å². The first-order chi connectivity index (χ1) is 7.96. The Kier molecular flexibility index (Phi) is 6.54. The highest BCUT2D eigenvalue weighted by atomic mass is 16.7. The first kappa shape index (κ1) is 15.1. The van der Waals surface area contributed by atoms with Gasteiger partial charge in [-0.2, -0.15) is 0 Å². The van der Waals surface area contributed by atoms with E-state index in [4.69, 9.17) is 14.9 Å². The largest absolute Gasteiger partial charge is 0.479 e. The van der Waals surface area contributed by atoms with E-state index in [0.717, 1.165) is 18.2 Å². The summed E-state index contributed by atoms with van der Waals surface area (Å²) in [6.45, 7) is 9.75. The minimum atomic E-state index is -1.49. The third kappa shape index (κ3) is 5.10. The topological polar surface area (TPSA) is 93.1 Å². The normalized spacial score (nSPS) is 15.1. The van der Waals surface area contributed by atoms with Crippen molar-refractivity contribution >= 4 is 11.9 Å². The fourth-order valence-electron chi connectivity index (χ4n) is 0.814. The van der Waals surface area contributed by atoms with Crippen LogP contribution in [0.3, 0.4) is 0 Å². The molecule has 0 aromatic heterocycles. The van der Waals surface area contributed by atoms with Crippen molar-refractivity contribution in [2.24, 2.45) is 0 Å². The monoisotopic (exact) mass is 242 g/mol. The summed E-state index contributed by atoms with van der Waals surface area (Å²) < 4.78 is 9.31. The van der Waals surface area contributed by atoms with Gasteiger partial charge in [0.15, 0.2) is 12.2 Å². The summed E-state index contributed by atoms with van der Waals surface area (Å²) in [4.78, 5) is 22.0. The fourth-order valence-corrected chi connectivity index (χ4v) is 0.814. The van der Waals surface area contributed by atoms with Crippen LogP contribution in [0.1, 0.15) is 0 Å². The van der Waals surface area contributed by atoms with E-state index in [9.17, 15) is 9.59 Å². The van der Waals surface area contributed by atoms with Gasteiger partial charge in [0.25, 0.3) is 0 Å². The van der Waals surface area contributed by atoms with Crippen molar-refractivity contribution in [2.75, 3.05) is 0 Å². The molecule has 0 spiro atoms. The Hall–Kier alpha value is -1.92. The highest BCUT2D eigenvalue weighted by molar-refractivity contribution is 5.79. The maximum absolute atomic E-state index is 11.4. The lowest BCUT2D eigenvalue weighted by Crippen LogP contribution is -2.34. The van der Waals surface area contributed by atoms with Gasteiger partial charge in [-0.15, -0.1) is 0 Å². The van der Waals surface area contributed by atoms with Gasteiger partial charge in [0, 0.05) is 0 Å². The van der Waals surface area contributed by atoms with Crippen LogP contribution in [0.25, 0.3) is 0 Å². The van der Waals surface area contributed by atoms with Gasteiger partial charge in [-0.1, -0.05) is 31.9 Å². The number of carbonyl (C=O) groups is 2. The molecule has 0 radical (unpaired) electrons. The lowest BCUT2D eigenvalue weighted by molar-refractivity contribution is -0.175. The lowest BCUT2D eigenvalue weighted by atomic mass is 10.3. The van der Waals surface area contributed by atoms with Gasteiger partial charge >= 0.3 is 11.9 Å². The van der Waals surface area contributed by atoms with Crippen molar-refractivity contribution in [1.29, 1.82) is 0 Å². The third-order valence-corrected chi connectivity index (χ3v) is 1.64. The van der Waals surface area contributed by atoms with Gasteiger partial charge < -0.3 is 19.7 Å². The molecule has 0 saturated heterocycles. The van der Waals surface area contributed by atoms with E-state index in [1.54, 1.807) is 0 Å². The molecule has 94 valence electrons. The summed E-state index contributed by atoms with van der Waals surface area (Å²) in [6.07, 6.45) is -1.12. The maximum atomic E-state index is 11.4. The number of carboxylic acid groups (broad SMARTS) is 1. The number of carboxylic acids is 1. The Morgan fingerprint density at radius 2 is 1.59 bits per heavy atom. The second kappa shape index (κ2) is 7.37. The quantitative estimate of drug-likeness (QED) is 0.360. The van der Waals surface area contributed by atoms with Gasteiger partial charge in [-0.05, 0) is 6.08 Å². The smallest absolute Gasteiger partial charge is 0.341 e. The molecule has 0 aromatic carbocycles. The molecule has 6 heteroatoms. The van der Waals surface area contributed by atoms with Gasteiger partial charge in [-0.25, -0.2) is 9.59 Å². The van der Waals surface area contributed by atoms with E-state index in [-0.39, 0.29) is 0 Å². The van der Waals surface area contributed by atoms with Crippen LogP contribution in [0.2, 0.25) is 0 Å². The minimum Gasteiger partial charge on any atom is -0.479 e. The zero-order valence-electron chi connectivity index (χ0n) is 9.11. The molecule has 6 nitrogen and oxygen atoms in total. The second-order valence-corrected chi connectivity index (χ2v) is 2.85. The highest BCUT2D eigenvalue weighted by Gasteiger charge is 2.25. The molecule has 0 aliphatic carbocycles. The van der Waals surface area contributed by atoms with Gasteiger partial charge in [-0.3, -0.25) is 0 Å². The van der Waals surface area contributed by atoms with Gasteiger partial charge in [0.05, 0.1) is 0 Å². The fraction of sp³-hybridized carbons (Fsp3) is 0.273. The second-order valence-electron chi connectivity index (χ2n) is 2.85. The molecule has 0 saturated carbocycles. The molecule has 3 unspecified atom stereocenters. The number of hydrogen-bond acceptors (Lipinski definition) is 5. The molecule has 0 rings (SSSR count). The van der Waals surface area contributed by atoms with E-state index in [1.807, 2.05) is 0 Å². The molecule has 0 amide bonds. The molecule has 0 fully saturated rings. The summed E-state index contributed by atoms with van der Waals surface area (Å²) in [7, 11) is 0. The molecule has 0 heterocycles. The molecular weight excluding hydrogens is 228 g/mol. The Morgan fingerprint density at radius 1 is 1.06 bits per heavy atom. The third-order valence-electron chi connectivity index (χ3n) is 1.64. The van der Waals surface area contributed by atoms with Crippen molar-refractivity contribution in [2.45, 2.75) is 18.5 Å². The summed E-state index contributed by atoms with van der Waals surface area (Å²) in [5.41, 5.74) is 0. The first-order valence-electron chi connectivity index (χ1n) is 4.60. The molecule has 0 aliphatic rings. The van der Waals surface area contributed by atoms with Crippen LogP contribution in [0.4, 0.5) is 0 Å². The number of aliphatic hydroxyl groups excluding tert-OH is 1. The zero-order valence-corrected chi connectivity index (χ0v) is 9.11. The number of rotatable bonds is 8. The van der Waals surface area contributed by atoms with Crippen LogP contribution in [-0.4, -0.2) is 40.6 Å². The molecule has 0 bridgehead atoms. The predicted molar refractivity (Wildman–Crippen MR) is 59.0 cm³/mol. The van der Waals surface area contributed by atoms with Crippen LogP contribution in [0, 0.1) is 0 Å². The summed E-state index contributed by atoms with van der Waals surface area (Å²) in [6, 6.07) is 0. The number of esters is 1. The molecule has 17 heavy (non-hydrogen) atoms. The molecule has 0 aliphatic heterocycles. The van der Waals surface area contributed by atoms with Crippen LogP contribution in [0.5, 0.6) is 0 Å². The zero-order chi connectivity index (χ0) is 13.4. The van der Waals surface area contributed by atoms with Crippen LogP contribution in [0.15, 0.2) is 38.0 Å². The average molecular weight is 242 g/mol. The molecular formula is C11H14O6. The Balaban J connectivity index is 4.56. The Bertz CT molecular complexity index is 322. The van der Waals surface area contributed by atoms with Crippen molar-refractivity contribution < 1.29 is 29.3 Å². The number of aliphatic carboxylic acids is 1. The van der Waals surface area contributed by atoms with E-state index in [0.29, 0.717) is 0 Å². The van der Waals surface area contributed by atoms with Crippen LogP contribution >= 0.6 is 0 Å². The summed E-state index contributed by atoms with van der Waals surface area (Å²) in [5.74, 6) is -2.27. The minimum absolute atomic E-state index is 0.972. The van der Waals surface area contributed by atoms with Crippen LogP contribution in [-0.2, 0) is 19.1 Å². The van der Waals surface area contributed by atoms with Gasteiger partial charge in [0.2, 0.25) is 6.29 Å². The van der Waals surface area contributed by atoms with Crippen LogP contribution < -0.4 is 0 Å². The SMILES string of the molecule is C=CC(O)OC(=O)C(C=C)OC(C=C)C(=O)O. The lowest BCUT2D eigenvalue weighted by Gasteiger charge is -2.17. The van der Waals surface area contributed by atoms with Crippen molar-refractivity contribution in [3.63, 3.8) is 0 Å². The van der Waals surface area contributed by atoms with E-state index in [1.165, 1.54) is 0 Å². The predicted octanol–water partition coefficient (Wildman–Crippen LogP) is 0.244. The summed E-state index contributed by atoms with van der Waals surface area (Å²) in [5, 5.41) is 17.7. The average Bonchev–Trinajstić information content (AvgIpc) is 2.29. The maximum Gasteiger partial charge on any atom is 0.341 e. The van der Waals surface area contributed by atoms with Crippen molar-refractivity contribution in [3.8, 4) is 0 Å². The molecule has 3 atom stereocenters. The van der Waals surface area contributed by atoms with Crippen molar-refractivity contribution in [3.05, 3.63) is 38.0 Å². The van der Waals surface area contributed by atoms with Gasteiger partial charge in [0.1, 0.15) is 0 Å². The number of hydrogen-bond donors (Lipinski definition) is 2. The first-order valence-corrected chi connectivity index (χ1v) is 4.60. The number of aliphatic hydroxyl groups is 1. The number of carbonyl (C=O) groups excluding carboxylic acids is 1. The highest BCUT2D eigenvalue weighted by Crippen LogP contribution is 2.05. The molecule has 2 N–H and O–H groups in total.